The number of rotatable bonds is 12. The predicted molar refractivity (Wildman–Crippen MR) is 155 cm³/mol. The molecule has 0 spiro atoms. The maximum atomic E-state index is 11.4. The van der Waals surface area contributed by atoms with Crippen LogP contribution in [0.4, 0.5) is 0 Å². The first-order chi connectivity index (χ1) is 17.3. The molecule has 3 aromatic heterocycles. The smallest absolute Gasteiger partial charge is 0.333 e. The minimum absolute atomic E-state index is 0.282. The van der Waals surface area contributed by atoms with Gasteiger partial charge in [-0.15, -0.1) is 22.7 Å². The first kappa shape index (κ1) is 26.7. The van der Waals surface area contributed by atoms with Crippen LogP contribution in [0.1, 0.15) is 66.3 Å². The van der Waals surface area contributed by atoms with Gasteiger partial charge in [0.25, 0.3) is 0 Å². The van der Waals surface area contributed by atoms with Crippen LogP contribution in [0, 0.1) is 20.8 Å². The van der Waals surface area contributed by atoms with Crippen LogP contribution >= 0.6 is 34.4 Å². The van der Waals surface area contributed by atoms with Crippen molar-refractivity contribution in [1.29, 1.82) is 0 Å². The van der Waals surface area contributed by atoms with Crippen LogP contribution in [0.3, 0.4) is 0 Å². The third kappa shape index (κ3) is 6.31. The number of carbonyl (C=O) groups is 1. The number of ether oxygens (including phenoxy) is 1. The van der Waals surface area contributed by atoms with Gasteiger partial charge in [0, 0.05) is 36.2 Å². The maximum absolute atomic E-state index is 11.4. The van der Waals surface area contributed by atoms with E-state index in [1.165, 1.54) is 79.2 Å². The molecule has 0 radical (unpaired) electrons. The number of nitrogens with zero attached hydrogens (tertiary/aromatic N) is 2. The van der Waals surface area contributed by atoms with Crippen molar-refractivity contribution in [3.05, 3.63) is 57.3 Å². The van der Waals surface area contributed by atoms with Crippen molar-refractivity contribution in [3.8, 4) is 20.9 Å². The summed E-state index contributed by atoms with van der Waals surface area (Å²) in [5.74, 6) is -0.282. The highest BCUT2D eigenvalue weighted by Crippen LogP contribution is 2.41. The van der Waals surface area contributed by atoms with Crippen LogP contribution in [0.2, 0.25) is 0 Å². The number of hydrogen-bond donors (Lipinski definition) is 0. The molecule has 0 aliphatic carbocycles. The summed E-state index contributed by atoms with van der Waals surface area (Å²) in [5, 5.41) is 0. The average Bonchev–Trinajstić information content (AvgIpc) is 3.56. The molecule has 4 aromatic rings. The number of aromatic nitrogens is 2. The SMILES string of the molecule is C=C(C)C(=O)OCCCCCCCCc1cc(-c2ccc(-c3cc(C)c(C)s3)c3nsnc23)sc1C. The fourth-order valence-corrected chi connectivity index (χ4v) is 7.02. The molecule has 1 aromatic carbocycles. The number of unbranched alkanes of at least 4 members (excludes halogenated alkanes) is 5. The Morgan fingerprint density at radius 2 is 1.44 bits per heavy atom. The van der Waals surface area contributed by atoms with E-state index in [0.717, 1.165) is 30.3 Å². The summed E-state index contributed by atoms with van der Waals surface area (Å²) in [6.45, 7) is 12.4. The van der Waals surface area contributed by atoms with E-state index in [1.54, 1.807) is 6.92 Å². The number of hydrogen-bond acceptors (Lipinski definition) is 7. The lowest BCUT2D eigenvalue weighted by Crippen LogP contribution is -2.05. The Kier molecular flexibility index (Phi) is 9.09. The topological polar surface area (TPSA) is 52.1 Å². The molecule has 0 saturated heterocycles. The molecule has 0 bridgehead atoms. The lowest BCUT2D eigenvalue weighted by atomic mass is 10.0. The van der Waals surface area contributed by atoms with E-state index in [1.807, 2.05) is 22.7 Å². The highest BCUT2D eigenvalue weighted by atomic mass is 32.1. The fraction of sp³-hybridized carbons (Fsp3) is 0.414. The van der Waals surface area contributed by atoms with E-state index < -0.39 is 0 Å². The second-order valence-corrected chi connectivity index (χ2v) is 12.5. The average molecular weight is 539 g/mol. The number of carbonyl (C=O) groups excluding carboxylic acids is 1. The highest BCUT2D eigenvalue weighted by Gasteiger charge is 2.17. The molecule has 0 saturated carbocycles. The molecule has 0 unspecified atom stereocenters. The van der Waals surface area contributed by atoms with E-state index in [4.69, 9.17) is 9.11 Å². The van der Waals surface area contributed by atoms with Crippen molar-refractivity contribution in [2.75, 3.05) is 6.61 Å². The zero-order valence-electron chi connectivity index (χ0n) is 21.6. The summed E-state index contributed by atoms with van der Waals surface area (Å²) in [7, 11) is 0. The number of thiophene rings is 2. The molecule has 4 rings (SSSR count). The van der Waals surface area contributed by atoms with E-state index in [2.05, 4.69) is 56.0 Å². The lowest BCUT2D eigenvalue weighted by molar-refractivity contribution is -0.139. The van der Waals surface area contributed by atoms with Crippen LogP contribution in [0.15, 0.2) is 36.4 Å². The van der Waals surface area contributed by atoms with Gasteiger partial charge in [0.05, 0.1) is 18.3 Å². The zero-order chi connectivity index (χ0) is 25.7. The molecule has 3 heterocycles. The lowest BCUT2D eigenvalue weighted by Gasteiger charge is -2.04. The maximum Gasteiger partial charge on any atom is 0.333 e. The molecule has 36 heavy (non-hydrogen) atoms. The van der Waals surface area contributed by atoms with Gasteiger partial charge in [0.1, 0.15) is 11.0 Å². The zero-order valence-corrected chi connectivity index (χ0v) is 24.1. The van der Waals surface area contributed by atoms with Crippen molar-refractivity contribution >= 4 is 51.4 Å². The molecule has 7 heteroatoms. The number of aryl methyl sites for hydroxylation is 4. The molecule has 0 N–H and O–H groups in total. The molecule has 190 valence electrons. The second kappa shape index (κ2) is 12.3. The first-order valence-corrected chi connectivity index (χ1v) is 15.0. The van der Waals surface area contributed by atoms with Crippen LogP contribution in [-0.4, -0.2) is 21.3 Å². The summed E-state index contributed by atoms with van der Waals surface area (Å²) in [4.78, 5) is 16.7. The third-order valence-corrected chi connectivity index (χ3v) is 9.40. The Labute approximate surface area is 226 Å². The molecular formula is C29H34N2O2S3. The molecule has 0 atom stereocenters. The molecule has 4 nitrogen and oxygen atoms in total. The van der Waals surface area contributed by atoms with Gasteiger partial charge in [-0.3, -0.25) is 0 Å². The van der Waals surface area contributed by atoms with E-state index in [-0.39, 0.29) is 5.97 Å². The summed E-state index contributed by atoms with van der Waals surface area (Å²) in [5.41, 5.74) is 7.66. The molecular weight excluding hydrogens is 505 g/mol. The molecule has 0 aliphatic rings. The van der Waals surface area contributed by atoms with Gasteiger partial charge in [-0.25, -0.2) is 4.79 Å². The standard InChI is InChI=1S/C29H34N2O2S3/c1-18(2)29(32)33-15-11-9-7-6-8-10-12-22-17-26(35-21(22)5)24-14-13-23(27-28(24)31-36-30-27)25-16-19(3)20(4)34-25/h13-14,16-17H,1,6-12,15H2,2-5H3. The summed E-state index contributed by atoms with van der Waals surface area (Å²) >= 11 is 5.00. The summed E-state index contributed by atoms with van der Waals surface area (Å²) < 4.78 is 14.5. The molecule has 0 aliphatic heterocycles. The van der Waals surface area contributed by atoms with Crippen LogP contribution < -0.4 is 0 Å². The quantitative estimate of drug-likeness (QED) is 0.103. The predicted octanol–water partition coefficient (Wildman–Crippen LogP) is 9.08. The van der Waals surface area contributed by atoms with Crippen molar-refractivity contribution < 1.29 is 9.53 Å². The monoisotopic (exact) mass is 538 g/mol. The van der Waals surface area contributed by atoms with Gasteiger partial charge < -0.3 is 4.74 Å². The Bertz CT molecular complexity index is 1340. The van der Waals surface area contributed by atoms with Gasteiger partial charge in [-0.1, -0.05) is 44.4 Å². The van der Waals surface area contributed by atoms with Gasteiger partial charge in [-0.05, 0) is 70.2 Å². The van der Waals surface area contributed by atoms with Crippen LogP contribution in [0.25, 0.3) is 31.9 Å². The Balaban J connectivity index is 1.31. The van der Waals surface area contributed by atoms with Crippen LogP contribution in [-0.2, 0) is 16.0 Å². The van der Waals surface area contributed by atoms with Gasteiger partial charge in [-0.2, -0.15) is 8.75 Å². The fourth-order valence-electron chi connectivity index (χ4n) is 4.28. The third-order valence-electron chi connectivity index (χ3n) is 6.55. The van der Waals surface area contributed by atoms with E-state index in [0.29, 0.717) is 12.2 Å². The van der Waals surface area contributed by atoms with Crippen molar-refractivity contribution in [2.24, 2.45) is 0 Å². The molecule has 0 amide bonds. The number of benzene rings is 1. The minimum Gasteiger partial charge on any atom is -0.462 e. The Hall–Kier alpha value is -2.35. The first-order valence-electron chi connectivity index (χ1n) is 12.6. The van der Waals surface area contributed by atoms with E-state index >= 15 is 0 Å². The summed E-state index contributed by atoms with van der Waals surface area (Å²) in [6.07, 6.45) is 7.97. The van der Waals surface area contributed by atoms with Crippen LogP contribution in [0.5, 0.6) is 0 Å². The molecule has 0 fully saturated rings. The summed E-state index contributed by atoms with van der Waals surface area (Å²) in [6, 6.07) is 9.08. The minimum atomic E-state index is -0.282. The van der Waals surface area contributed by atoms with Crippen molar-refractivity contribution in [2.45, 2.75) is 72.6 Å². The number of esters is 1. The van der Waals surface area contributed by atoms with Crippen molar-refractivity contribution in [1.82, 2.24) is 8.75 Å². The van der Waals surface area contributed by atoms with Gasteiger partial charge in [0.15, 0.2) is 0 Å². The van der Waals surface area contributed by atoms with Gasteiger partial charge >= 0.3 is 5.97 Å². The number of fused-ring (bicyclic) bond motifs is 1. The largest absolute Gasteiger partial charge is 0.462 e. The Morgan fingerprint density at radius 3 is 2.06 bits per heavy atom. The van der Waals surface area contributed by atoms with E-state index in [9.17, 15) is 4.79 Å². The van der Waals surface area contributed by atoms with Crippen molar-refractivity contribution in [3.63, 3.8) is 0 Å². The second-order valence-electron chi connectivity index (χ2n) is 9.45. The normalized spacial score (nSPS) is 11.3. The highest BCUT2D eigenvalue weighted by molar-refractivity contribution is 7.16. The Morgan fingerprint density at radius 1 is 0.861 bits per heavy atom. The van der Waals surface area contributed by atoms with Gasteiger partial charge in [0.2, 0.25) is 0 Å².